The summed E-state index contributed by atoms with van der Waals surface area (Å²) in [5.41, 5.74) is 9.25. The minimum absolute atomic E-state index is 0.809. The molecule has 264 valence electrons. The van der Waals surface area contributed by atoms with Crippen molar-refractivity contribution >= 4 is 55.4 Å². The molecule has 56 heavy (non-hydrogen) atoms. The maximum Gasteiger partial charge on any atom is 0.171 e. The van der Waals surface area contributed by atoms with E-state index in [1.165, 1.54) is 32.7 Å². The monoisotopic (exact) mass is 732 g/mol. The average molecular weight is 733 g/mol. The third-order valence-corrected chi connectivity index (χ3v) is 14.2. The summed E-state index contributed by atoms with van der Waals surface area (Å²) in [5, 5.41) is 9.40. The van der Waals surface area contributed by atoms with Gasteiger partial charge in [-0.2, -0.15) is 0 Å². The van der Waals surface area contributed by atoms with Gasteiger partial charge in [0.05, 0.1) is 0 Å². The average Bonchev–Trinajstić information content (AvgIpc) is 3.28. The first kappa shape index (κ1) is 33.8. The van der Waals surface area contributed by atoms with Crippen molar-refractivity contribution < 1.29 is 4.57 Å². The van der Waals surface area contributed by atoms with Gasteiger partial charge in [-0.1, -0.05) is 218 Å². The summed E-state index contributed by atoms with van der Waals surface area (Å²) in [6.45, 7) is 0. The predicted molar refractivity (Wildman–Crippen MR) is 240 cm³/mol. The number of fused-ring (bicyclic) bond motifs is 3. The van der Waals surface area contributed by atoms with E-state index in [1.807, 2.05) is 60.7 Å². The third kappa shape index (κ3) is 5.51. The molecule has 0 aliphatic heterocycles. The number of hydrogen-bond donors (Lipinski definition) is 0. The maximum absolute atomic E-state index is 16.0. The summed E-state index contributed by atoms with van der Waals surface area (Å²) >= 11 is 0. The second kappa shape index (κ2) is 14.1. The normalized spacial score (nSPS) is 11.6. The van der Waals surface area contributed by atoms with Gasteiger partial charge in [-0.25, -0.2) is 0 Å². The molecule has 0 radical (unpaired) electrons. The smallest absolute Gasteiger partial charge is 0.171 e. The van der Waals surface area contributed by atoms with Gasteiger partial charge >= 0.3 is 0 Å². The summed E-state index contributed by atoms with van der Waals surface area (Å²) < 4.78 is 16.0. The maximum atomic E-state index is 16.0. The highest BCUT2D eigenvalue weighted by Crippen LogP contribution is 2.54. The lowest BCUT2D eigenvalue weighted by molar-refractivity contribution is 0.592. The van der Waals surface area contributed by atoms with Crippen LogP contribution in [-0.4, -0.2) is 0 Å². The van der Waals surface area contributed by atoms with Crippen LogP contribution in [0.5, 0.6) is 0 Å². The molecule has 0 aliphatic rings. The lowest BCUT2D eigenvalue weighted by atomic mass is 9.77. The van der Waals surface area contributed by atoms with Gasteiger partial charge in [0.15, 0.2) is 7.14 Å². The minimum Gasteiger partial charge on any atom is -0.309 e. The quantitative estimate of drug-likeness (QED) is 0.118. The van der Waals surface area contributed by atoms with Gasteiger partial charge in [0, 0.05) is 15.9 Å². The van der Waals surface area contributed by atoms with Gasteiger partial charge in [-0.15, -0.1) is 0 Å². The first-order valence-corrected chi connectivity index (χ1v) is 20.8. The molecule has 0 N–H and O–H groups in total. The van der Waals surface area contributed by atoms with Crippen molar-refractivity contribution in [3.05, 3.63) is 224 Å². The van der Waals surface area contributed by atoms with E-state index in [4.69, 9.17) is 0 Å². The molecule has 0 saturated carbocycles. The molecule has 0 saturated heterocycles. The zero-order chi connectivity index (χ0) is 37.5. The number of benzene rings is 10. The van der Waals surface area contributed by atoms with E-state index >= 15 is 4.57 Å². The molecule has 0 bridgehead atoms. The summed E-state index contributed by atoms with van der Waals surface area (Å²) in [6.07, 6.45) is 0. The third-order valence-electron chi connectivity index (χ3n) is 11.1. The van der Waals surface area contributed by atoms with Crippen LogP contribution in [0, 0.1) is 0 Å². The van der Waals surface area contributed by atoms with Crippen molar-refractivity contribution in [2.75, 3.05) is 0 Å². The Morgan fingerprint density at radius 3 is 0.893 bits per heavy atom. The number of hydrogen-bond acceptors (Lipinski definition) is 1. The first-order chi connectivity index (χ1) is 27.7. The zero-order valence-electron chi connectivity index (χ0n) is 30.7. The number of rotatable bonds is 7. The van der Waals surface area contributed by atoms with E-state index in [0.29, 0.717) is 0 Å². The van der Waals surface area contributed by atoms with E-state index in [0.717, 1.165) is 60.1 Å². The zero-order valence-corrected chi connectivity index (χ0v) is 31.6. The van der Waals surface area contributed by atoms with Crippen LogP contribution < -0.4 is 15.9 Å². The molecule has 1 nitrogen and oxygen atoms in total. The molecule has 0 aliphatic carbocycles. The largest absolute Gasteiger partial charge is 0.309 e. The van der Waals surface area contributed by atoms with Gasteiger partial charge < -0.3 is 4.57 Å². The predicted octanol–water partition coefficient (Wildman–Crippen LogP) is 13.5. The molecule has 0 fully saturated rings. The molecule has 0 amide bonds. The van der Waals surface area contributed by atoms with Crippen molar-refractivity contribution in [1.82, 2.24) is 0 Å². The summed E-state index contributed by atoms with van der Waals surface area (Å²) in [7, 11) is -3.31. The summed E-state index contributed by atoms with van der Waals surface area (Å²) in [4.78, 5) is 0. The van der Waals surface area contributed by atoms with E-state index in [2.05, 4.69) is 164 Å². The second-order valence-electron chi connectivity index (χ2n) is 14.3. The van der Waals surface area contributed by atoms with Crippen molar-refractivity contribution in [2.24, 2.45) is 0 Å². The molecule has 0 heterocycles. The summed E-state index contributed by atoms with van der Waals surface area (Å²) in [6, 6.07) is 78.8. The Hall–Kier alpha value is -6.79. The lowest BCUT2D eigenvalue weighted by Crippen LogP contribution is -2.25. The Bertz CT molecular complexity index is 3010. The van der Waals surface area contributed by atoms with Crippen LogP contribution in [-0.2, 0) is 4.57 Å². The molecule has 10 rings (SSSR count). The van der Waals surface area contributed by atoms with Gasteiger partial charge in [0.2, 0.25) is 0 Å². The fourth-order valence-corrected chi connectivity index (χ4v) is 11.4. The first-order valence-electron chi connectivity index (χ1n) is 19.1. The molecule has 0 spiro atoms. The second-order valence-corrected chi connectivity index (χ2v) is 17.0. The Morgan fingerprint density at radius 1 is 0.250 bits per heavy atom. The van der Waals surface area contributed by atoms with Crippen LogP contribution in [0.2, 0.25) is 0 Å². The fourth-order valence-electron chi connectivity index (χ4n) is 8.70. The minimum atomic E-state index is -3.31. The van der Waals surface area contributed by atoms with Crippen LogP contribution in [0.15, 0.2) is 224 Å². The lowest BCUT2D eigenvalue weighted by Gasteiger charge is -2.26. The molecular weight excluding hydrogens is 696 g/mol. The van der Waals surface area contributed by atoms with Crippen LogP contribution in [0.3, 0.4) is 0 Å². The standard InChI is InChI=1S/C54H37OP/c55-56(42-29-15-5-16-30-42,43-31-17-6-18-32-43)44-35-36-47-48(37-44)52(41-27-13-4-14-28-41)54-50(39-23-9-2-10-24-39)46-34-20-19-33-45(46)49(38-21-7-1-8-22-38)53(54)51(47)40-25-11-3-12-26-40/h1-37H. The van der Waals surface area contributed by atoms with Crippen molar-refractivity contribution in [1.29, 1.82) is 0 Å². The molecular formula is C54H37OP. The SMILES string of the molecule is O=P(c1ccccc1)(c1ccccc1)c1ccc2c(-c3ccccc3)c3c(-c4ccccc4)c4ccccc4c(-c4ccccc4)c3c(-c3ccccc3)c2c1. The molecule has 0 unspecified atom stereocenters. The van der Waals surface area contributed by atoms with Gasteiger partial charge in [-0.05, 0) is 82.9 Å². The Morgan fingerprint density at radius 2 is 0.536 bits per heavy atom. The van der Waals surface area contributed by atoms with Crippen molar-refractivity contribution in [3.8, 4) is 44.5 Å². The molecule has 0 atom stereocenters. The topological polar surface area (TPSA) is 17.1 Å². The van der Waals surface area contributed by atoms with Crippen molar-refractivity contribution in [3.63, 3.8) is 0 Å². The van der Waals surface area contributed by atoms with Gasteiger partial charge in [0.25, 0.3) is 0 Å². The van der Waals surface area contributed by atoms with Crippen LogP contribution in [0.4, 0.5) is 0 Å². The van der Waals surface area contributed by atoms with Crippen molar-refractivity contribution in [2.45, 2.75) is 0 Å². The van der Waals surface area contributed by atoms with Gasteiger partial charge in [-0.3, -0.25) is 0 Å². The fraction of sp³-hybridized carbons (Fsp3) is 0. The van der Waals surface area contributed by atoms with Crippen LogP contribution in [0.1, 0.15) is 0 Å². The van der Waals surface area contributed by atoms with E-state index in [9.17, 15) is 0 Å². The molecule has 2 heteroatoms. The van der Waals surface area contributed by atoms with Crippen LogP contribution in [0.25, 0.3) is 76.8 Å². The molecule has 0 aromatic heterocycles. The highest BCUT2D eigenvalue weighted by Gasteiger charge is 2.32. The Kier molecular flexibility index (Phi) is 8.52. The van der Waals surface area contributed by atoms with E-state index < -0.39 is 7.14 Å². The molecule has 10 aromatic carbocycles. The molecule has 10 aromatic rings. The highest BCUT2D eigenvalue weighted by atomic mass is 31.2. The van der Waals surface area contributed by atoms with E-state index in [-0.39, 0.29) is 0 Å². The summed E-state index contributed by atoms with van der Waals surface area (Å²) in [5.74, 6) is 0. The highest BCUT2D eigenvalue weighted by molar-refractivity contribution is 7.85. The Labute approximate surface area is 327 Å². The van der Waals surface area contributed by atoms with E-state index in [1.54, 1.807) is 0 Å². The Balaban J connectivity index is 1.50. The van der Waals surface area contributed by atoms with Crippen LogP contribution >= 0.6 is 7.14 Å². The van der Waals surface area contributed by atoms with Gasteiger partial charge in [0.1, 0.15) is 0 Å².